The zero-order valence-electron chi connectivity index (χ0n) is 9.40. The summed E-state index contributed by atoms with van der Waals surface area (Å²) in [5, 5.41) is 0. The molecule has 0 fully saturated rings. The summed E-state index contributed by atoms with van der Waals surface area (Å²) in [6.07, 6.45) is 0. The lowest BCUT2D eigenvalue weighted by molar-refractivity contribution is 0.105. The maximum Gasteiger partial charge on any atom is 0.130 e. The molecule has 0 bridgehead atoms. The highest BCUT2D eigenvalue weighted by Gasteiger charge is 2.05. The van der Waals surface area contributed by atoms with Crippen molar-refractivity contribution in [3.05, 3.63) is 65.5 Å². The molecule has 0 aliphatic rings. The Morgan fingerprint density at radius 2 is 1.71 bits per heavy atom. The van der Waals surface area contributed by atoms with Gasteiger partial charge in [0.15, 0.2) is 0 Å². The van der Waals surface area contributed by atoms with Gasteiger partial charge < -0.3 is 10.5 Å². The van der Waals surface area contributed by atoms with Gasteiger partial charge in [-0.2, -0.15) is 0 Å². The van der Waals surface area contributed by atoms with Crippen LogP contribution in [-0.4, -0.2) is 0 Å². The van der Waals surface area contributed by atoms with Crippen molar-refractivity contribution in [2.75, 3.05) is 5.73 Å². The van der Waals surface area contributed by atoms with Gasteiger partial charge in [-0.1, -0.05) is 36.4 Å². The number of benzene rings is 2. The van der Waals surface area contributed by atoms with Crippen molar-refractivity contribution in [2.45, 2.75) is 13.2 Å². The van der Waals surface area contributed by atoms with Crippen LogP contribution in [0.25, 0.3) is 0 Å². The largest absolute Gasteiger partial charge is 0.398 e. The van der Waals surface area contributed by atoms with E-state index in [1.807, 2.05) is 30.3 Å². The molecule has 0 unspecified atom stereocenters. The minimum atomic E-state index is -0.321. The van der Waals surface area contributed by atoms with E-state index in [1.54, 1.807) is 12.1 Å². The minimum Gasteiger partial charge on any atom is -0.398 e. The van der Waals surface area contributed by atoms with Crippen molar-refractivity contribution in [2.24, 2.45) is 0 Å². The van der Waals surface area contributed by atoms with Crippen molar-refractivity contribution in [1.82, 2.24) is 0 Å². The van der Waals surface area contributed by atoms with Gasteiger partial charge in [-0.05, 0) is 17.7 Å². The lowest BCUT2D eigenvalue weighted by Crippen LogP contribution is -2.01. The van der Waals surface area contributed by atoms with Gasteiger partial charge in [0, 0.05) is 11.3 Å². The van der Waals surface area contributed by atoms with E-state index in [9.17, 15) is 4.39 Å². The molecule has 0 aliphatic heterocycles. The molecular weight excluding hydrogens is 217 g/mol. The van der Waals surface area contributed by atoms with Crippen molar-refractivity contribution >= 4 is 5.69 Å². The molecule has 0 aliphatic carbocycles. The molecule has 0 saturated heterocycles. The number of anilines is 1. The van der Waals surface area contributed by atoms with Crippen LogP contribution < -0.4 is 5.73 Å². The Morgan fingerprint density at radius 1 is 0.941 bits per heavy atom. The average Bonchev–Trinajstić information content (AvgIpc) is 2.34. The standard InChI is InChI=1S/C14H14FNO/c15-13-7-4-8-14(16)12(13)10-17-9-11-5-2-1-3-6-11/h1-8H,9-10,16H2. The average molecular weight is 231 g/mol. The van der Waals surface area contributed by atoms with Crippen LogP contribution in [-0.2, 0) is 18.0 Å². The van der Waals surface area contributed by atoms with Crippen LogP contribution in [0.15, 0.2) is 48.5 Å². The van der Waals surface area contributed by atoms with Crippen molar-refractivity contribution in [1.29, 1.82) is 0 Å². The van der Waals surface area contributed by atoms with Gasteiger partial charge >= 0.3 is 0 Å². The maximum absolute atomic E-state index is 13.4. The number of hydrogen-bond acceptors (Lipinski definition) is 2. The van der Waals surface area contributed by atoms with Crippen molar-refractivity contribution in [3.8, 4) is 0 Å². The van der Waals surface area contributed by atoms with Gasteiger partial charge in [0.1, 0.15) is 5.82 Å². The number of rotatable bonds is 4. The minimum absolute atomic E-state index is 0.188. The van der Waals surface area contributed by atoms with Crippen molar-refractivity contribution < 1.29 is 9.13 Å². The van der Waals surface area contributed by atoms with E-state index in [-0.39, 0.29) is 12.4 Å². The third-order valence-electron chi connectivity index (χ3n) is 2.51. The summed E-state index contributed by atoms with van der Waals surface area (Å²) in [6.45, 7) is 0.641. The van der Waals surface area contributed by atoms with Crippen LogP contribution in [0.4, 0.5) is 10.1 Å². The van der Waals surface area contributed by atoms with E-state index in [0.717, 1.165) is 5.56 Å². The van der Waals surface area contributed by atoms with Gasteiger partial charge in [0.2, 0.25) is 0 Å². The first kappa shape index (κ1) is 11.6. The summed E-state index contributed by atoms with van der Waals surface area (Å²) in [7, 11) is 0. The number of ether oxygens (including phenoxy) is 1. The molecule has 2 aromatic carbocycles. The Balaban J connectivity index is 1.95. The predicted molar refractivity (Wildman–Crippen MR) is 65.7 cm³/mol. The number of halogens is 1. The Kier molecular flexibility index (Phi) is 3.73. The Bertz CT molecular complexity index is 465. The highest BCUT2D eigenvalue weighted by molar-refractivity contribution is 5.46. The number of hydrogen-bond donors (Lipinski definition) is 1. The molecule has 2 N–H and O–H groups in total. The molecule has 88 valence electrons. The highest BCUT2D eigenvalue weighted by atomic mass is 19.1. The fourth-order valence-corrected chi connectivity index (χ4v) is 1.57. The molecule has 0 radical (unpaired) electrons. The summed E-state index contributed by atoms with van der Waals surface area (Å²) in [5.41, 5.74) is 7.59. The van der Waals surface area contributed by atoms with Crippen LogP contribution >= 0.6 is 0 Å². The summed E-state index contributed by atoms with van der Waals surface area (Å²) in [4.78, 5) is 0. The lowest BCUT2D eigenvalue weighted by atomic mass is 10.2. The summed E-state index contributed by atoms with van der Waals surface area (Å²) >= 11 is 0. The van der Waals surface area contributed by atoms with E-state index < -0.39 is 0 Å². The number of nitrogen functional groups attached to an aromatic ring is 1. The van der Waals surface area contributed by atoms with Gasteiger partial charge in [0.25, 0.3) is 0 Å². The first-order valence-electron chi connectivity index (χ1n) is 5.42. The molecule has 2 nitrogen and oxygen atoms in total. The molecule has 0 atom stereocenters. The SMILES string of the molecule is Nc1cccc(F)c1COCc1ccccc1. The van der Waals surface area contributed by atoms with E-state index in [0.29, 0.717) is 17.9 Å². The molecule has 0 spiro atoms. The fraction of sp³-hybridized carbons (Fsp3) is 0.143. The van der Waals surface area contributed by atoms with Crippen LogP contribution in [0.5, 0.6) is 0 Å². The Hall–Kier alpha value is -1.87. The predicted octanol–water partition coefficient (Wildman–Crippen LogP) is 3.12. The van der Waals surface area contributed by atoms with Crippen LogP contribution in [0.2, 0.25) is 0 Å². The third-order valence-corrected chi connectivity index (χ3v) is 2.51. The second-order valence-electron chi connectivity index (χ2n) is 3.79. The summed E-state index contributed by atoms with van der Waals surface area (Å²) in [6, 6.07) is 14.4. The fourth-order valence-electron chi connectivity index (χ4n) is 1.57. The second-order valence-corrected chi connectivity index (χ2v) is 3.79. The van der Waals surface area contributed by atoms with Crippen molar-refractivity contribution in [3.63, 3.8) is 0 Å². The van der Waals surface area contributed by atoms with Gasteiger partial charge in [-0.3, -0.25) is 0 Å². The van der Waals surface area contributed by atoms with Crippen LogP contribution in [0, 0.1) is 5.82 Å². The van der Waals surface area contributed by atoms with Crippen LogP contribution in [0.3, 0.4) is 0 Å². The van der Waals surface area contributed by atoms with Crippen LogP contribution in [0.1, 0.15) is 11.1 Å². The van der Waals surface area contributed by atoms with E-state index in [1.165, 1.54) is 6.07 Å². The summed E-state index contributed by atoms with van der Waals surface area (Å²) < 4.78 is 18.9. The monoisotopic (exact) mass is 231 g/mol. The normalized spacial score (nSPS) is 10.4. The first-order valence-corrected chi connectivity index (χ1v) is 5.42. The molecule has 0 saturated carbocycles. The van der Waals surface area contributed by atoms with E-state index >= 15 is 0 Å². The maximum atomic E-state index is 13.4. The molecule has 3 heteroatoms. The van der Waals surface area contributed by atoms with E-state index in [2.05, 4.69) is 0 Å². The third kappa shape index (κ3) is 3.04. The summed E-state index contributed by atoms with van der Waals surface area (Å²) in [5.74, 6) is -0.321. The molecule has 0 heterocycles. The first-order chi connectivity index (χ1) is 8.27. The number of nitrogens with two attached hydrogens (primary N) is 1. The molecule has 0 amide bonds. The molecule has 0 aromatic heterocycles. The molecular formula is C14H14FNO. The lowest BCUT2D eigenvalue weighted by Gasteiger charge is -2.08. The van der Waals surface area contributed by atoms with Gasteiger partial charge in [-0.15, -0.1) is 0 Å². The Labute approximate surface area is 99.8 Å². The molecule has 17 heavy (non-hydrogen) atoms. The van der Waals surface area contributed by atoms with Gasteiger partial charge in [0.05, 0.1) is 13.2 Å². The topological polar surface area (TPSA) is 35.2 Å². The molecule has 2 aromatic rings. The van der Waals surface area contributed by atoms with Gasteiger partial charge in [-0.25, -0.2) is 4.39 Å². The zero-order chi connectivity index (χ0) is 12.1. The van der Waals surface area contributed by atoms with E-state index in [4.69, 9.17) is 10.5 Å². The highest BCUT2D eigenvalue weighted by Crippen LogP contribution is 2.17. The second kappa shape index (κ2) is 5.46. The quantitative estimate of drug-likeness (QED) is 0.820. The smallest absolute Gasteiger partial charge is 0.130 e. The zero-order valence-corrected chi connectivity index (χ0v) is 9.40. The Morgan fingerprint density at radius 3 is 2.41 bits per heavy atom. The molecule has 2 rings (SSSR count).